The zero-order valence-corrected chi connectivity index (χ0v) is 15.5. The average molecular weight is 350 g/mol. The van der Waals surface area contributed by atoms with Crippen LogP contribution in [0.3, 0.4) is 0 Å². The van der Waals surface area contributed by atoms with E-state index < -0.39 is 10.0 Å². The van der Waals surface area contributed by atoms with Gasteiger partial charge in [-0.05, 0) is 49.9 Å². The molecule has 1 aromatic rings. The molecule has 1 aliphatic heterocycles. The molecule has 6 heteroatoms. The Kier molecular flexibility index (Phi) is 4.60. The SMILES string of the molecule is C[C@H]1Cc2cc(C(=O)N(C)C3CCCCC3)ccc2N1S(C)(=O)=O. The first-order chi connectivity index (χ1) is 11.3. The highest BCUT2D eigenvalue weighted by Crippen LogP contribution is 2.35. The van der Waals surface area contributed by atoms with E-state index in [1.165, 1.54) is 29.8 Å². The summed E-state index contributed by atoms with van der Waals surface area (Å²) in [5, 5.41) is 0. The number of benzene rings is 1. The average Bonchev–Trinajstić information content (AvgIpc) is 2.89. The zero-order chi connectivity index (χ0) is 17.5. The summed E-state index contributed by atoms with van der Waals surface area (Å²) in [6, 6.07) is 5.64. The molecule has 1 saturated carbocycles. The number of sulfonamides is 1. The molecule has 1 heterocycles. The summed E-state index contributed by atoms with van der Waals surface area (Å²) >= 11 is 0. The van der Waals surface area contributed by atoms with Gasteiger partial charge in [0.15, 0.2) is 0 Å². The molecule has 1 aromatic carbocycles. The summed E-state index contributed by atoms with van der Waals surface area (Å²) in [5.74, 6) is 0.0372. The largest absolute Gasteiger partial charge is 0.339 e. The van der Waals surface area contributed by atoms with Gasteiger partial charge in [0.05, 0.1) is 11.9 Å². The third-order valence-electron chi connectivity index (χ3n) is 5.28. The molecule has 0 unspecified atom stereocenters. The fraction of sp³-hybridized carbons (Fsp3) is 0.611. The van der Waals surface area contributed by atoms with Crippen LogP contribution in [0.25, 0.3) is 0 Å². The first kappa shape index (κ1) is 17.3. The molecular formula is C18H26N2O3S. The van der Waals surface area contributed by atoms with E-state index in [9.17, 15) is 13.2 Å². The topological polar surface area (TPSA) is 57.7 Å². The molecule has 5 nitrogen and oxygen atoms in total. The number of rotatable bonds is 3. The highest BCUT2D eigenvalue weighted by Gasteiger charge is 2.33. The number of carbonyl (C=O) groups excluding carboxylic acids is 1. The standard InChI is InChI=1S/C18H26N2O3S/c1-13-11-15-12-14(9-10-17(15)20(13)24(3,22)23)18(21)19(2)16-7-5-4-6-8-16/h9-10,12-13,16H,4-8,11H2,1-3H3/t13-/m0/s1. The maximum absolute atomic E-state index is 12.8. The summed E-state index contributed by atoms with van der Waals surface area (Å²) in [4.78, 5) is 14.7. The molecule has 1 amide bonds. The molecule has 0 bridgehead atoms. The third-order valence-corrected chi connectivity index (χ3v) is 6.55. The van der Waals surface area contributed by atoms with Crippen LogP contribution in [0, 0.1) is 0 Å². The number of carbonyl (C=O) groups is 1. The van der Waals surface area contributed by atoms with Gasteiger partial charge in [-0.15, -0.1) is 0 Å². The van der Waals surface area contributed by atoms with Crippen molar-refractivity contribution in [1.29, 1.82) is 0 Å². The molecule has 2 aliphatic rings. The van der Waals surface area contributed by atoms with Crippen LogP contribution in [0.1, 0.15) is 54.9 Å². The monoisotopic (exact) mass is 350 g/mol. The van der Waals surface area contributed by atoms with Gasteiger partial charge in [-0.25, -0.2) is 8.42 Å². The van der Waals surface area contributed by atoms with Crippen LogP contribution in [-0.4, -0.2) is 44.6 Å². The van der Waals surface area contributed by atoms with E-state index in [4.69, 9.17) is 0 Å². The molecule has 1 aliphatic carbocycles. The number of fused-ring (bicyclic) bond motifs is 1. The van der Waals surface area contributed by atoms with Crippen LogP contribution < -0.4 is 4.31 Å². The highest BCUT2D eigenvalue weighted by atomic mass is 32.2. The predicted molar refractivity (Wildman–Crippen MR) is 95.9 cm³/mol. The smallest absolute Gasteiger partial charge is 0.253 e. The van der Waals surface area contributed by atoms with Crippen molar-refractivity contribution in [2.24, 2.45) is 0 Å². The van der Waals surface area contributed by atoms with Crippen LogP contribution in [0.4, 0.5) is 5.69 Å². The van der Waals surface area contributed by atoms with Gasteiger partial charge in [0.2, 0.25) is 10.0 Å². The molecule has 132 valence electrons. The quantitative estimate of drug-likeness (QED) is 0.842. The fourth-order valence-corrected chi connectivity index (χ4v) is 5.34. The number of anilines is 1. The van der Waals surface area contributed by atoms with E-state index >= 15 is 0 Å². The molecule has 0 radical (unpaired) electrons. The first-order valence-electron chi connectivity index (χ1n) is 8.68. The normalized spacial score (nSPS) is 21.6. The molecule has 0 saturated heterocycles. The van der Waals surface area contributed by atoms with Crippen molar-refractivity contribution in [3.8, 4) is 0 Å². The lowest BCUT2D eigenvalue weighted by atomic mass is 9.94. The second kappa shape index (κ2) is 6.39. The van der Waals surface area contributed by atoms with E-state index in [-0.39, 0.29) is 11.9 Å². The number of nitrogens with zero attached hydrogens (tertiary/aromatic N) is 2. The molecule has 0 aromatic heterocycles. The Bertz CT molecular complexity index is 739. The van der Waals surface area contributed by atoms with Crippen molar-refractivity contribution in [2.45, 2.75) is 57.5 Å². The van der Waals surface area contributed by atoms with Gasteiger partial charge in [0.25, 0.3) is 5.91 Å². The fourth-order valence-electron chi connectivity index (χ4n) is 4.08. The van der Waals surface area contributed by atoms with E-state index in [1.807, 2.05) is 24.9 Å². The van der Waals surface area contributed by atoms with Gasteiger partial charge < -0.3 is 4.90 Å². The Labute approximate surface area is 144 Å². The van der Waals surface area contributed by atoms with Crippen LogP contribution in [0.15, 0.2) is 18.2 Å². The Morgan fingerprint density at radius 1 is 1.21 bits per heavy atom. The summed E-state index contributed by atoms with van der Waals surface area (Å²) < 4.78 is 25.4. The van der Waals surface area contributed by atoms with Crippen molar-refractivity contribution in [3.63, 3.8) is 0 Å². The molecule has 0 N–H and O–H groups in total. The Hall–Kier alpha value is -1.56. The lowest BCUT2D eigenvalue weighted by Crippen LogP contribution is -2.38. The Morgan fingerprint density at radius 2 is 1.88 bits per heavy atom. The first-order valence-corrected chi connectivity index (χ1v) is 10.5. The van der Waals surface area contributed by atoms with E-state index in [0.29, 0.717) is 23.7 Å². The van der Waals surface area contributed by atoms with Crippen LogP contribution in [0.2, 0.25) is 0 Å². The van der Waals surface area contributed by atoms with Crippen LogP contribution >= 0.6 is 0 Å². The van der Waals surface area contributed by atoms with E-state index in [0.717, 1.165) is 18.4 Å². The molecule has 24 heavy (non-hydrogen) atoms. The van der Waals surface area contributed by atoms with Crippen molar-refractivity contribution in [2.75, 3.05) is 17.6 Å². The summed E-state index contributed by atoms with van der Waals surface area (Å²) in [6.07, 6.45) is 7.67. The lowest BCUT2D eigenvalue weighted by molar-refractivity contribution is 0.0696. The van der Waals surface area contributed by atoms with Crippen LogP contribution in [-0.2, 0) is 16.4 Å². The Morgan fingerprint density at radius 3 is 2.50 bits per heavy atom. The summed E-state index contributed by atoms with van der Waals surface area (Å²) in [5.41, 5.74) is 2.31. The minimum atomic E-state index is -3.29. The highest BCUT2D eigenvalue weighted by molar-refractivity contribution is 7.92. The van der Waals surface area contributed by atoms with Crippen molar-refractivity contribution < 1.29 is 13.2 Å². The van der Waals surface area contributed by atoms with Crippen LogP contribution in [0.5, 0.6) is 0 Å². The second-order valence-electron chi connectivity index (χ2n) is 7.16. The molecule has 3 rings (SSSR count). The lowest BCUT2D eigenvalue weighted by Gasteiger charge is -2.31. The molecule has 0 spiro atoms. The predicted octanol–water partition coefficient (Wildman–Crippen LogP) is 2.80. The Balaban J connectivity index is 1.84. The van der Waals surface area contributed by atoms with Gasteiger partial charge >= 0.3 is 0 Å². The van der Waals surface area contributed by atoms with Gasteiger partial charge in [-0.1, -0.05) is 19.3 Å². The molecular weight excluding hydrogens is 324 g/mol. The zero-order valence-electron chi connectivity index (χ0n) is 14.7. The number of amides is 1. The second-order valence-corrected chi connectivity index (χ2v) is 9.02. The third kappa shape index (κ3) is 3.16. The minimum Gasteiger partial charge on any atom is -0.339 e. The summed E-state index contributed by atoms with van der Waals surface area (Å²) in [6.45, 7) is 1.90. The van der Waals surface area contributed by atoms with Crippen molar-refractivity contribution in [1.82, 2.24) is 4.90 Å². The van der Waals surface area contributed by atoms with Gasteiger partial charge in [0.1, 0.15) is 0 Å². The number of hydrogen-bond acceptors (Lipinski definition) is 3. The van der Waals surface area contributed by atoms with Gasteiger partial charge in [0, 0.05) is 24.7 Å². The van der Waals surface area contributed by atoms with E-state index in [2.05, 4.69) is 0 Å². The minimum absolute atomic E-state index is 0.0372. The van der Waals surface area contributed by atoms with Crippen molar-refractivity contribution in [3.05, 3.63) is 29.3 Å². The van der Waals surface area contributed by atoms with E-state index in [1.54, 1.807) is 12.1 Å². The number of hydrogen-bond donors (Lipinski definition) is 0. The maximum Gasteiger partial charge on any atom is 0.253 e. The van der Waals surface area contributed by atoms with Crippen molar-refractivity contribution >= 4 is 21.6 Å². The van der Waals surface area contributed by atoms with Gasteiger partial charge in [-0.2, -0.15) is 0 Å². The van der Waals surface area contributed by atoms with Gasteiger partial charge in [-0.3, -0.25) is 9.10 Å². The maximum atomic E-state index is 12.8. The molecule has 1 fully saturated rings. The summed E-state index contributed by atoms with van der Waals surface area (Å²) in [7, 11) is -1.41. The molecule has 1 atom stereocenters.